The van der Waals surface area contributed by atoms with E-state index in [2.05, 4.69) is 9.97 Å². The standard InChI is InChI=1S/C22H26F3N3O3/c1-12(29)21-8-13-6-15(9-21)18(16(7-13)10-21)31-20(30)28-5-3-14(11-28)19-26-4-2-17(27-19)22(23,24)25/h2,4,13-16,18H,3,5-11H2,1H3. The largest absolute Gasteiger partial charge is 0.446 e. The maximum atomic E-state index is 12.9. The molecule has 1 amide bonds. The molecule has 0 N–H and O–H groups in total. The van der Waals surface area contributed by atoms with Crippen LogP contribution in [0.4, 0.5) is 18.0 Å². The van der Waals surface area contributed by atoms with Crippen molar-refractivity contribution in [1.82, 2.24) is 14.9 Å². The molecule has 6 nitrogen and oxygen atoms in total. The third kappa shape index (κ3) is 3.59. The number of amides is 1. The Labute approximate surface area is 178 Å². The first kappa shape index (κ1) is 20.7. The van der Waals surface area contributed by atoms with Crippen molar-refractivity contribution < 1.29 is 27.5 Å². The van der Waals surface area contributed by atoms with Crippen molar-refractivity contribution >= 4 is 11.9 Å². The van der Waals surface area contributed by atoms with Crippen molar-refractivity contribution in [2.45, 2.75) is 63.6 Å². The molecule has 5 aliphatic rings. The molecule has 4 aliphatic carbocycles. The lowest BCUT2D eigenvalue weighted by molar-refractivity contribution is -0.160. The number of nitrogens with zero attached hydrogens (tertiary/aromatic N) is 3. The van der Waals surface area contributed by atoms with Crippen LogP contribution in [0.2, 0.25) is 0 Å². The Morgan fingerprint density at radius 2 is 1.90 bits per heavy atom. The van der Waals surface area contributed by atoms with Gasteiger partial charge in [0, 0.05) is 30.6 Å². The number of carbonyl (C=O) groups is 2. The van der Waals surface area contributed by atoms with E-state index in [0.29, 0.717) is 18.9 Å². The van der Waals surface area contributed by atoms with Crippen LogP contribution in [0, 0.1) is 23.2 Å². The molecule has 0 radical (unpaired) electrons. The van der Waals surface area contributed by atoms with E-state index in [-0.39, 0.29) is 47.4 Å². The molecule has 1 aromatic rings. The Bertz CT molecular complexity index is 889. The summed E-state index contributed by atoms with van der Waals surface area (Å²) in [4.78, 5) is 34.4. The monoisotopic (exact) mass is 437 g/mol. The molecule has 1 aromatic heterocycles. The average molecular weight is 437 g/mol. The highest BCUT2D eigenvalue weighted by atomic mass is 19.4. The smallest absolute Gasteiger partial charge is 0.433 e. The third-order valence-corrected chi connectivity index (χ3v) is 7.95. The number of Topliss-reactive ketones (excluding diaryl/α,β-unsaturated/α-hetero) is 1. The molecule has 3 atom stereocenters. The molecule has 0 aromatic carbocycles. The first-order valence-electron chi connectivity index (χ1n) is 11.0. The van der Waals surface area contributed by atoms with Crippen LogP contribution in [0.3, 0.4) is 0 Å². The fourth-order valence-corrected chi connectivity index (χ4v) is 6.66. The van der Waals surface area contributed by atoms with E-state index in [0.717, 1.165) is 44.4 Å². The Morgan fingerprint density at radius 3 is 2.55 bits per heavy atom. The second-order valence-corrected chi connectivity index (χ2v) is 9.88. The van der Waals surface area contributed by atoms with E-state index in [1.54, 1.807) is 11.8 Å². The van der Waals surface area contributed by atoms with Gasteiger partial charge in [-0.3, -0.25) is 4.79 Å². The third-order valence-electron chi connectivity index (χ3n) is 7.95. The highest BCUT2D eigenvalue weighted by Gasteiger charge is 2.58. The van der Waals surface area contributed by atoms with Gasteiger partial charge in [-0.2, -0.15) is 13.2 Å². The van der Waals surface area contributed by atoms with E-state index in [1.165, 1.54) is 0 Å². The molecule has 6 rings (SSSR count). The number of carbonyl (C=O) groups excluding carboxylic acids is 2. The van der Waals surface area contributed by atoms with E-state index in [4.69, 9.17) is 4.74 Å². The zero-order chi connectivity index (χ0) is 22.0. The SMILES string of the molecule is CC(=O)C12CC3CC(C1)C(OC(=O)N1CCC(c4nccc(C(F)(F)F)n4)C1)C(C3)C2. The highest BCUT2D eigenvalue weighted by Crippen LogP contribution is 2.61. The van der Waals surface area contributed by atoms with Gasteiger partial charge in [-0.15, -0.1) is 0 Å². The van der Waals surface area contributed by atoms with Gasteiger partial charge in [-0.05, 0) is 69.3 Å². The number of alkyl halides is 3. The summed E-state index contributed by atoms with van der Waals surface area (Å²) in [6.45, 7) is 2.35. The van der Waals surface area contributed by atoms with Gasteiger partial charge in [0.2, 0.25) is 0 Å². The van der Waals surface area contributed by atoms with Crippen LogP contribution in [0.25, 0.3) is 0 Å². The molecule has 1 saturated heterocycles. The predicted octanol–water partition coefficient (Wildman–Crippen LogP) is 4.21. The second kappa shape index (κ2) is 7.17. The first-order chi connectivity index (χ1) is 14.6. The minimum atomic E-state index is -4.52. The normalized spacial score (nSPS) is 36.6. The summed E-state index contributed by atoms with van der Waals surface area (Å²) in [6.07, 6.45) is 1.10. The maximum Gasteiger partial charge on any atom is 0.433 e. The van der Waals surface area contributed by atoms with Crippen molar-refractivity contribution in [1.29, 1.82) is 0 Å². The molecule has 31 heavy (non-hydrogen) atoms. The Morgan fingerprint density at radius 1 is 1.19 bits per heavy atom. The van der Waals surface area contributed by atoms with Gasteiger partial charge in [0.05, 0.1) is 0 Å². The molecule has 1 aliphatic heterocycles. The Hall–Kier alpha value is -2.19. The number of rotatable bonds is 3. The average Bonchev–Trinajstić information content (AvgIpc) is 3.20. The maximum absolute atomic E-state index is 12.9. The zero-order valence-electron chi connectivity index (χ0n) is 17.4. The van der Waals surface area contributed by atoms with Gasteiger partial charge in [-0.25, -0.2) is 14.8 Å². The van der Waals surface area contributed by atoms with Crippen molar-refractivity contribution in [2.75, 3.05) is 13.1 Å². The number of likely N-dealkylation sites (tertiary alicyclic amines) is 1. The van der Waals surface area contributed by atoms with Crippen LogP contribution < -0.4 is 0 Å². The van der Waals surface area contributed by atoms with E-state index >= 15 is 0 Å². The summed E-state index contributed by atoms with van der Waals surface area (Å²) in [5.41, 5.74) is -1.19. The molecule has 168 valence electrons. The van der Waals surface area contributed by atoms with Crippen molar-refractivity contribution in [3.63, 3.8) is 0 Å². The van der Waals surface area contributed by atoms with E-state index in [1.807, 2.05) is 0 Å². The molecule has 4 saturated carbocycles. The molecular formula is C22H26F3N3O3. The lowest BCUT2D eigenvalue weighted by atomic mass is 9.47. The lowest BCUT2D eigenvalue weighted by Crippen LogP contribution is -2.57. The molecule has 3 unspecified atom stereocenters. The summed E-state index contributed by atoms with van der Waals surface area (Å²) >= 11 is 0. The molecule has 2 heterocycles. The number of ketones is 1. The van der Waals surface area contributed by atoms with Gasteiger partial charge in [0.15, 0.2) is 0 Å². The number of hydrogen-bond donors (Lipinski definition) is 0. The first-order valence-corrected chi connectivity index (χ1v) is 11.0. The van der Waals surface area contributed by atoms with Crippen LogP contribution in [-0.4, -0.2) is 45.9 Å². The number of ether oxygens (including phenoxy) is 1. The lowest BCUT2D eigenvalue weighted by Gasteiger charge is -2.58. The predicted molar refractivity (Wildman–Crippen MR) is 103 cm³/mol. The van der Waals surface area contributed by atoms with Gasteiger partial charge < -0.3 is 9.64 Å². The minimum Gasteiger partial charge on any atom is -0.446 e. The van der Waals surface area contributed by atoms with Crippen LogP contribution in [-0.2, 0) is 15.7 Å². The fraction of sp³-hybridized carbons (Fsp3) is 0.727. The van der Waals surface area contributed by atoms with Gasteiger partial charge in [0.25, 0.3) is 0 Å². The summed E-state index contributed by atoms with van der Waals surface area (Å²) in [5, 5.41) is 0. The molecule has 4 bridgehead atoms. The van der Waals surface area contributed by atoms with Gasteiger partial charge >= 0.3 is 12.3 Å². The van der Waals surface area contributed by atoms with E-state index in [9.17, 15) is 22.8 Å². The van der Waals surface area contributed by atoms with Gasteiger partial charge in [0.1, 0.15) is 23.4 Å². The minimum absolute atomic E-state index is 0.114. The van der Waals surface area contributed by atoms with Gasteiger partial charge in [-0.1, -0.05) is 0 Å². The highest BCUT2D eigenvalue weighted by molar-refractivity contribution is 5.83. The zero-order valence-corrected chi connectivity index (χ0v) is 17.4. The molecule has 9 heteroatoms. The van der Waals surface area contributed by atoms with Crippen molar-refractivity contribution in [2.24, 2.45) is 23.2 Å². The number of hydrogen-bond acceptors (Lipinski definition) is 5. The summed E-state index contributed by atoms with van der Waals surface area (Å²) < 4.78 is 44.8. The van der Waals surface area contributed by atoms with Crippen LogP contribution in [0.15, 0.2) is 12.3 Å². The molecular weight excluding hydrogens is 411 g/mol. The Balaban J connectivity index is 1.23. The quantitative estimate of drug-likeness (QED) is 0.709. The van der Waals surface area contributed by atoms with Crippen molar-refractivity contribution in [3.8, 4) is 0 Å². The summed E-state index contributed by atoms with van der Waals surface area (Å²) in [7, 11) is 0. The fourth-order valence-electron chi connectivity index (χ4n) is 6.66. The Kier molecular flexibility index (Phi) is 4.79. The molecule has 5 fully saturated rings. The van der Waals surface area contributed by atoms with Crippen LogP contribution in [0.5, 0.6) is 0 Å². The van der Waals surface area contributed by atoms with Crippen LogP contribution in [0.1, 0.15) is 62.9 Å². The second-order valence-electron chi connectivity index (χ2n) is 9.88. The van der Waals surface area contributed by atoms with Crippen LogP contribution >= 0.6 is 0 Å². The van der Waals surface area contributed by atoms with E-state index < -0.39 is 18.0 Å². The molecule has 0 spiro atoms. The topological polar surface area (TPSA) is 72.4 Å². The van der Waals surface area contributed by atoms with Crippen molar-refractivity contribution in [3.05, 3.63) is 23.8 Å². The number of halogens is 3. The number of aromatic nitrogens is 2. The summed E-state index contributed by atoms with van der Waals surface area (Å²) in [6, 6.07) is 0.852. The summed E-state index contributed by atoms with van der Waals surface area (Å²) in [5.74, 6) is 1.04.